The number of carbonyl (C=O) groups is 1. The second kappa shape index (κ2) is 10.2. The highest BCUT2D eigenvalue weighted by Crippen LogP contribution is 2.26. The molecule has 0 saturated heterocycles. The molecule has 1 N–H and O–H groups in total. The van der Waals surface area contributed by atoms with Gasteiger partial charge in [-0.1, -0.05) is 39.0 Å². The van der Waals surface area contributed by atoms with E-state index in [4.69, 9.17) is 4.74 Å². The maximum atomic E-state index is 11.8. The van der Waals surface area contributed by atoms with Crippen molar-refractivity contribution in [1.82, 2.24) is 5.32 Å². The quantitative estimate of drug-likeness (QED) is 0.717. The molecule has 0 aromatic heterocycles. The zero-order valence-electron chi connectivity index (χ0n) is 12.7. The van der Waals surface area contributed by atoms with Crippen LogP contribution < -0.4 is 5.32 Å². The molecule has 1 aliphatic rings. The van der Waals surface area contributed by atoms with Crippen molar-refractivity contribution in [3.63, 3.8) is 0 Å². The highest BCUT2D eigenvalue weighted by atomic mass is 16.5. The van der Waals surface area contributed by atoms with Gasteiger partial charge in [0.25, 0.3) is 0 Å². The van der Waals surface area contributed by atoms with Crippen LogP contribution in [0.25, 0.3) is 0 Å². The SMILES string of the molecule is CCCNC(CC(=O)OCC)C1CCCCCCC1. The summed E-state index contributed by atoms with van der Waals surface area (Å²) in [5.74, 6) is 0.606. The molecule has 0 spiro atoms. The van der Waals surface area contributed by atoms with Gasteiger partial charge in [-0.25, -0.2) is 0 Å². The highest BCUT2D eigenvalue weighted by Gasteiger charge is 2.24. The van der Waals surface area contributed by atoms with Gasteiger partial charge in [-0.2, -0.15) is 0 Å². The summed E-state index contributed by atoms with van der Waals surface area (Å²) >= 11 is 0. The van der Waals surface area contributed by atoms with Gasteiger partial charge in [0.2, 0.25) is 0 Å². The average molecular weight is 269 g/mol. The fourth-order valence-corrected chi connectivity index (χ4v) is 3.02. The van der Waals surface area contributed by atoms with E-state index in [0.717, 1.165) is 13.0 Å². The predicted octanol–water partition coefficient (Wildman–Crippen LogP) is 3.67. The minimum atomic E-state index is -0.0434. The van der Waals surface area contributed by atoms with Gasteiger partial charge in [0, 0.05) is 6.04 Å². The van der Waals surface area contributed by atoms with Gasteiger partial charge in [0.1, 0.15) is 0 Å². The number of hydrogen-bond acceptors (Lipinski definition) is 3. The van der Waals surface area contributed by atoms with E-state index in [0.29, 0.717) is 25.0 Å². The molecule has 1 fully saturated rings. The molecule has 1 atom stereocenters. The van der Waals surface area contributed by atoms with Gasteiger partial charge in [-0.05, 0) is 38.6 Å². The van der Waals surface area contributed by atoms with Crippen LogP contribution in [0.4, 0.5) is 0 Å². The average Bonchev–Trinajstić information content (AvgIpc) is 2.35. The molecule has 1 unspecified atom stereocenters. The van der Waals surface area contributed by atoms with E-state index in [1.165, 1.54) is 44.9 Å². The predicted molar refractivity (Wildman–Crippen MR) is 79.1 cm³/mol. The molecule has 0 aromatic carbocycles. The summed E-state index contributed by atoms with van der Waals surface area (Å²) in [5.41, 5.74) is 0. The van der Waals surface area contributed by atoms with Crippen molar-refractivity contribution in [3.05, 3.63) is 0 Å². The van der Waals surface area contributed by atoms with Crippen molar-refractivity contribution in [2.75, 3.05) is 13.2 Å². The Labute approximate surface area is 118 Å². The van der Waals surface area contributed by atoms with Crippen molar-refractivity contribution in [3.8, 4) is 0 Å². The van der Waals surface area contributed by atoms with Crippen LogP contribution in [-0.2, 0) is 9.53 Å². The number of ether oxygens (including phenoxy) is 1. The monoisotopic (exact) mass is 269 g/mol. The lowest BCUT2D eigenvalue weighted by Gasteiger charge is -2.29. The van der Waals surface area contributed by atoms with Crippen molar-refractivity contribution < 1.29 is 9.53 Å². The van der Waals surface area contributed by atoms with Crippen LogP contribution in [0.15, 0.2) is 0 Å². The van der Waals surface area contributed by atoms with E-state index in [1.54, 1.807) is 0 Å². The molecule has 0 radical (unpaired) electrons. The van der Waals surface area contributed by atoms with Crippen LogP contribution in [0.3, 0.4) is 0 Å². The summed E-state index contributed by atoms with van der Waals surface area (Å²) in [4.78, 5) is 11.8. The van der Waals surface area contributed by atoms with E-state index >= 15 is 0 Å². The van der Waals surface area contributed by atoms with Crippen LogP contribution in [0.5, 0.6) is 0 Å². The van der Waals surface area contributed by atoms with E-state index in [1.807, 2.05) is 6.92 Å². The fourth-order valence-electron chi connectivity index (χ4n) is 3.02. The summed E-state index contributed by atoms with van der Waals surface area (Å²) in [6, 6.07) is 0.317. The number of nitrogens with one attached hydrogen (secondary N) is 1. The summed E-state index contributed by atoms with van der Waals surface area (Å²) in [6.45, 7) is 5.54. The Bertz CT molecular complexity index is 235. The molecule has 3 heteroatoms. The molecule has 0 amide bonds. The molecule has 0 aromatic rings. The van der Waals surface area contributed by atoms with Gasteiger partial charge in [-0.3, -0.25) is 4.79 Å². The van der Waals surface area contributed by atoms with Gasteiger partial charge in [0.15, 0.2) is 0 Å². The Morgan fingerprint density at radius 3 is 2.37 bits per heavy atom. The number of esters is 1. The lowest BCUT2D eigenvalue weighted by molar-refractivity contribution is -0.144. The second-order valence-corrected chi connectivity index (χ2v) is 5.67. The van der Waals surface area contributed by atoms with Gasteiger partial charge >= 0.3 is 5.97 Å². The molecule has 112 valence electrons. The zero-order valence-corrected chi connectivity index (χ0v) is 12.7. The number of carbonyl (C=O) groups excluding carboxylic acids is 1. The highest BCUT2D eigenvalue weighted by molar-refractivity contribution is 5.70. The smallest absolute Gasteiger partial charge is 0.307 e. The second-order valence-electron chi connectivity index (χ2n) is 5.67. The minimum absolute atomic E-state index is 0.0434. The first-order valence-corrected chi connectivity index (χ1v) is 8.16. The lowest BCUT2D eigenvalue weighted by Crippen LogP contribution is -2.39. The van der Waals surface area contributed by atoms with Crippen LogP contribution >= 0.6 is 0 Å². The fraction of sp³-hybridized carbons (Fsp3) is 0.938. The van der Waals surface area contributed by atoms with Crippen molar-refractivity contribution >= 4 is 5.97 Å². The molecule has 1 saturated carbocycles. The largest absolute Gasteiger partial charge is 0.466 e. The maximum Gasteiger partial charge on any atom is 0.307 e. The lowest BCUT2D eigenvalue weighted by atomic mass is 9.84. The normalized spacial score (nSPS) is 19.5. The molecule has 3 nitrogen and oxygen atoms in total. The van der Waals surface area contributed by atoms with Crippen LogP contribution in [0.1, 0.15) is 71.6 Å². The first kappa shape index (κ1) is 16.5. The topological polar surface area (TPSA) is 38.3 Å². The minimum Gasteiger partial charge on any atom is -0.466 e. The Morgan fingerprint density at radius 2 is 1.79 bits per heavy atom. The van der Waals surface area contributed by atoms with Crippen LogP contribution in [0, 0.1) is 5.92 Å². The first-order valence-electron chi connectivity index (χ1n) is 8.16. The van der Waals surface area contributed by atoms with E-state index in [2.05, 4.69) is 12.2 Å². The van der Waals surface area contributed by atoms with E-state index in [-0.39, 0.29) is 5.97 Å². The zero-order chi connectivity index (χ0) is 13.9. The molecular weight excluding hydrogens is 238 g/mol. The molecule has 0 heterocycles. The Hall–Kier alpha value is -0.570. The van der Waals surface area contributed by atoms with Gasteiger partial charge < -0.3 is 10.1 Å². The van der Waals surface area contributed by atoms with E-state index in [9.17, 15) is 4.79 Å². The number of rotatable bonds is 7. The van der Waals surface area contributed by atoms with Crippen LogP contribution in [-0.4, -0.2) is 25.2 Å². The van der Waals surface area contributed by atoms with Crippen molar-refractivity contribution in [2.45, 2.75) is 77.7 Å². The van der Waals surface area contributed by atoms with Gasteiger partial charge in [0.05, 0.1) is 13.0 Å². The standard InChI is InChI=1S/C16H31NO2/c1-3-12-17-15(13-16(18)19-4-2)14-10-8-6-5-7-9-11-14/h14-15,17H,3-13H2,1-2H3. The maximum absolute atomic E-state index is 11.8. The van der Waals surface area contributed by atoms with Crippen molar-refractivity contribution in [1.29, 1.82) is 0 Å². The Kier molecular flexibility index (Phi) is 8.89. The third kappa shape index (κ3) is 6.95. The van der Waals surface area contributed by atoms with Gasteiger partial charge in [-0.15, -0.1) is 0 Å². The first-order chi connectivity index (χ1) is 9.27. The molecule has 1 rings (SSSR count). The van der Waals surface area contributed by atoms with Crippen molar-refractivity contribution in [2.24, 2.45) is 5.92 Å². The molecule has 0 bridgehead atoms. The summed E-state index contributed by atoms with van der Waals surface area (Å²) in [5, 5.41) is 3.58. The number of hydrogen-bond donors (Lipinski definition) is 1. The summed E-state index contributed by atoms with van der Waals surface area (Å²) < 4.78 is 5.12. The summed E-state index contributed by atoms with van der Waals surface area (Å²) in [6.07, 6.45) is 10.9. The molecular formula is C16H31NO2. The molecule has 0 aliphatic heterocycles. The summed E-state index contributed by atoms with van der Waals surface area (Å²) in [7, 11) is 0. The third-order valence-corrected chi connectivity index (χ3v) is 4.07. The third-order valence-electron chi connectivity index (χ3n) is 4.07. The molecule has 1 aliphatic carbocycles. The Balaban J connectivity index is 2.51. The Morgan fingerprint density at radius 1 is 1.16 bits per heavy atom. The van der Waals surface area contributed by atoms with E-state index < -0.39 is 0 Å². The molecule has 19 heavy (non-hydrogen) atoms. The van der Waals surface area contributed by atoms with Crippen LogP contribution in [0.2, 0.25) is 0 Å².